The molecule has 0 saturated carbocycles. The lowest BCUT2D eigenvalue weighted by atomic mass is 10.1. The first kappa shape index (κ1) is 18.1. The maximum Gasteiger partial charge on any atom is 0.138 e. The number of aromatic amines is 1. The average Bonchev–Trinajstić information content (AvgIpc) is 3.46. The van der Waals surface area contributed by atoms with Gasteiger partial charge in [-0.1, -0.05) is 12.1 Å². The number of morpholine rings is 1. The highest BCUT2D eigenvalue weighted by molar-refractivity contribution is 5.94. The Bertz CT molecular complexity index is 1350. The predicted octanol–water partition coefficient (Wildman–Crippen LogP) is 3.86. The number of anilines is 1. The zero-order valence-corrected chi connectivity index (χ0v) is 17.0. The van der Waals surface area contributed by atoms with Gasteiger partial charge in [-0.3, -0.25) is 10.1 Å². The van der Waals surface area contributed by atoms with Crippen molar-refractivity contribution in [3.8, 4) is 11.3 Å². The van der Waals surface area contributed by atoms with Gasteiger partial charge in [-0.25, -0.2) is 4.98 Å². The SMILES string of the molecule is c1cc(Cn2ccc3c(N4CCOCC4)nc(-c4ccc5cn[nH]c5c4)cc32)ccn1. The number of hydrogen-bond acceptors (Lipinski definition) is 5. The van der Waals surface area contributed by atoms with Crippen LogP contribution in [0, 0.1) is 0 Å². The zero-order valence-electron chi connectivity index (χ0n) is 17.0. The molecule has 7 heteroatoms. The number of fused-ring (bicyclic) bond motifs is 2. The predicted molar refractivity (Wildman–Crippen MR) is 121 cm³/mol. The second-order valence-corrected chi connectivity index (χ2v) is 7.83. The zero-order chi connectivity index (χ0) is 20.6. The molecule has 0 spiro atoms. The Morgan fingerprint density at radius 2 is 1.87 bits per heavy atom. The van der Waals surface area contributed by atoms with Crippen LogP contribution in [0.1, 0.15) is 5.56 Å². The fourth-order valence-electron chi connectivity index (χ4n) is 4.25. The number of hydrogen-bond donors (Lipinski definition) is 1. The number of benzene rings is 1. The first-order valence-electron chi connectivity index (χ1n) is 10.5. The van der Waals surface area contributed by atoms with Crippen molar-refractivity contribution in [1.29, 1.82) is 0 Å². The molecule has 1 fully saturated rings. The molecule has 1 N–H and O–H groups in total. The summed E-state index contributed by atoms with van der Waals surface area (Å²) in [7, 11) is 0. The fourth-order valence-corrected chi connectivity index (χ4v) is 4.25. The molecule has 6 rings (SSSR count). The molecule has 0 aliphatic carbocycles. The first-order chi connectivity index (χ1) is 15.3. The van der Waals surface area contributed by atoms with Crippen LogP contribution in [0.3, 0.4) is 0 Å². The molecule has 1 aromatic carbocycles. The number of aromatic nitrogens is 5. The van der Waals surface area contributed by atoms with E-state index >= 15 is 0 Å². The van der Waals surface area contributed by atoms with E-state index in [4.69, 9.17) is 9.72 Å². The summed E-state index contributed by atoms with van der Waals surface area (Å²) in [6, 6.07) is 14.8. The minimum atomic E-state index is 0.727. The van der Waals surface area contributed by atoms with E-state index in [1.54, 1.807) is 0 Å². The van der Waals surface area contributed by atoms with Crippen molar-refractivity contribution in [2.24, 2.45) is 0 Å². The summed E-state index contributed by atoms with van der Waals surface area (Å²) >= 11 is 0. The van der Waals surface area contributed by atoms with E-state index in [0.29, 0.717) is 0 Å². The van der Waals surface area contributed by atoms with E-state index in [1.165, 1.54) is 16.5 Å². The first-order valence-corrected chi connectivity index (χ1v) is 10.5. The molecule has 0 unspecified atom stereocenters. The summed E-state index contributed by atoms with van der Waals surface area (Å²) < 4.78 is 7.87. The van der Waals surface area contributed by atoms with Crippen LogP contribution in [0.4, 0.5) is 5.82 Å². The highest BCUT2D eigenvalue weighted by atomic mass is 16.5. The molecule has 1 aliphatic heterocycles. The van der Waals surface area contributed by atoms with Gasteiger partial charge in [0.15, 0.2) is 0 Å². The van der Waals surface area contributed by atoms with Crippen LogP contribution >= 0.6 is 0 Å². The number of rotatable bonds is 4. The second kappa shape index (κ2) is 7.52. The molecule has 0 atom stereocenters. The summed E-state index contributed by atoms with van der Waals surface area (Å²) in [5, 5.41) is 9.49. The Balaban J connectivity index is 1.51. The van der Waals surface area contributed by atoms with Crippen LogP contribution in [0.2, 0.25) is 0 Å². The number of nitrogens with one attached hydrogen (secondary N) is 1. The standard InChI is InChI=1S/C24H22N6O/c1-2-19-15-26-28-22(19)13-18(1)21-14-23-20(24(27-21)29-9-11-31-12-10-29)5-8-30(23)16-17-3-6-25-7-4-17/h1-8,13-15H,9-12,16H2,(H,26,28). The molecule has 5 aromatic rings. The summed E-state index contributed by atoms with van der Waals surface area (Å²) in [6.07, 6.45) is 7.67. The lowest BCUT2D eigenvalue weighted by Crippen LogP contribution is -2.36. The molecular weight excluding hydrogens is 388 g/mol. The van der Waals surface area contributed by atoms with Crippen molar-refractivity contribution in [3.05, 3.63) is 72.8 Å². The molecule has 5 heterocycles. The molecule has 4 aromatic heterocycles. The third kappa shape index (κ3) is 3.33. The van der Waals surface area contributed by atoms with Crippen molar-refractivity contribution < 1.29 is 4.74 Å². The van der Waals surface area contributed by atoms with Gasteiger partial charge in [-0.15, -0.1) is 0 Å². The van der Waals surface area contributed by atoms with Gasteiger partial charge in [0, 0.05) is 54.6 Å². The summed E-state index contributed by atoms with van der Waals surface area (Å²) in [6.45, 7) is 3.94. The normalized spacial score (nSPS) is 14.5. The maximum atomic E-state index is 5.58. The van der Waals surface area contributed by atoms with Crippen LogP contribution < -0.4 is 4.90 Å². The quantitative estimate of drug-likeness (QED) is 0.487. The Morgan fingerprint density at radius 3 is 2.74 bits per heavy atom. The summed E-state index contributed by atoms with van der Waals surface area (Å²) in [4.78, 5) is 11.6. The maximum absolute atomic E-state index is 5.58. The van der Waals surface area contributed by atoms with Crippen molar-refractivity contribution >= 4 is 27.6 Å². The van der Waals surface area contributed by atoms with Gasteiger partial charge in [-0.05, 0) is 35.9 Å². The van der Waals surface area contributed by atoms with E-state index < -0.39 is 0 Å². The van der Waals surface area contributed by atoms with Crippen LogP contribution in [-0.2, 0) is 11.3 Å². The van der Waals surface area contributed by atoms with E-state index in [0.717, 1.165) is 60.8 Å². The summed E-state index contributed by atoms with van der Waals surface area (Å²) in [5.74, 6) is 1.02. The number of H-pyrrole nitrogens is 1. The third-order valence-corrected chi connectivity index (χ3v) is 5.90. The van der Waals surface area contributed by atoms with Gasteiger partial charge in [-0.2, -0.15) is 5.10 Å². The van der Waals surface area contributed by atoms with E-state index in [2.05, 4.69) is 73.3 Å². The molecule has 154 valence electrons. The lowest BCUT2D eigenvalue weighted by molar-refractivity contribution is 0.122. The molecule has 7 nitrogen and oxygen atoms in total. The van der Waals surface area contributed by atoms with Crippen LogP contribution in [0.5, 0.6) is 0 Å². The Hall–Kier alpha value is -3.71. The van der Waals surface area contributed by atoms with E-state index in [9.17, 15) is 0 Å². The van der Waals surface area contributed by atoms with Crippen LogP contribution in [0.15, 0.2) is 67.3 Å². The number of nitrogens with zero attached hydrogens (tertiary/aromatic N) is 5. The molecule has 1 saturated heterocycles. The molecule has 0 amide bonds. The van der Waals surface area contributed by atoms with Gasteiger partial charge in [0.25, 0.3) is 0 Å². The van der Waals surface area contributed by atoms with E-state index in [1.807, 2.05) is 18.6 Å². The number of ether oxygens (including phenoxy) is 1. The van der Waals surface area contributed by atoms with Crippen molar-refractivity contribution in [3.63, 3.8) is 0 Å². The highest BCUT2D eigenvalue weighted by Crippen LogP contribution is 2.32. The van der Waals surface area contributed by atoms with Gasteiger partial charge >= 0.3 is 0 Å². The molecule has 0 bridgehead atoms. The minimum absolute atomic E-state index is 0.727. The van der Waals surface area contributed by atoms with Gasteiger partial charge in [0.2, 0.25) is 0 Å². The Morgan fingerprint density at radius 1 is 1.00 bits per heavy atom. The second-order valence-electron chi connectivity index (χ2n) is 7.83. The topological polar surface area (TPSA) is 71.9 Å². The monoisotopic (exact) mass is 410 g/mol. The van der Waals surface area contributed by atoms with Crippen molar-refractivity contribution in [2.75, 3.05) is 31.2 Å². The van der Waals surface area contributed by atoms with Gasteiger partial charge in [0.05, 0.1) is 36.1 Å². The third-order valence-electron chi connectivity index (χ3n) is 5.90. The van der Waals surface area contributed by atoms with Gasteiger partial charge in [0.1, 0.15) is 5.82 Å². The molecule has 1 aliphatic rings. The molecule has 0 radical (unpaired) electrons. The van der Waals surface area contributed by atoms with Crippen LogP contribution in [-0.4, -0.2) is 51.0 Å². The molecular formula is C24H22N6O. The van der Waals surface area contributed by atoms with Crippen LogP contribution in [0.25, 0.3) is 33.1 Å². The fraction of sp³-hybridized carbons (Fsp3) is 0.208. The van der Waals surface area contributed by atoms with Crippen molar-refractivity contribution in [1.82, 2.24) is 24.7 Å². The smallest absolute Gasteiger partial charge is 0.138 e. The largest absolute Gasteiger partial charge is 0.378 e. The van der Waals surface area contributed by atoms with Crippen molar-refractivity contribution in [2.45, 2.75) is 6.54 Å². The summed E-state index contributed by atoms with van der Waals surface area (Å²) in [5.41, 5.74) is 5.44. The molecule has 31 heavy (non-hydrogen) atoms. The minimum Gasteiger partial charge on any atom is -0.378 e. The van der Waals surface area contributed by atoms with E-state index in [-0.39, 0.29) is 0 Å². The highest BCUT2D eigenvalue weighted by Gasteiger charge is 2.19. The Kier molecular flexibility index (Phi) is 4.39. The lowest BCUT2D eigenvalue weighted by Gasteiger charge is -2.29. The average molecular weight is 410 g/mol. The Labute approximate surface area is 179 Å². The van der Waals surface area contributed by atoms with Gasteiger partial charge < -0.3 is 14.2 Å². The number of pyridine rings is 2.